The second-order valence-electron chi connectivity index (χ2n) is 6.96. The summed E-state index contributed by atoms with van der Waals surface area (Å²) in [5, 5.41) is 0. The Morgan fingerprint density at radius 3 is 0.684 bits per heavy atom. The molecule has 0 aromatic heterocycles. The maximum atomic E-state index is 10.3. The average Bonchev–Trinajstić information content (AvgIpc) is 2.86. The minimum Gasteiger partial charge on any atom is -0.744 e. The molecule has 4 aromatic carbocycles. The fraction of sp³-hybridized carbons (Fsp3) is 0.0400. The van der Waals surface area contributed by atoms with E-state index in [0.717, 1.165) is 0 Å². The fourth-order valence-electron chi connectivity index (χ4n) is 2.30. The van der Waals surface area contributed by atoms with E-state index >= 15 is 0 Å². The molecule has 0 aliphatic carbocycles. The molecule has 0 atom stereocenters. The van der Waals surface area contributed by atoms with E-state index in [0.29, 0.717) is 0 Å². The molecular weight excluding hydrogens is 567 g/mol. The van der Waals surface area contributed by atoms with E-state index in [-0.39, 0.29) is 32.0 Å². The summed E-state index contributed by atoms with van der Waals surface area (Å²) in [5.74, 6) is 0. The van der Waals surface area contributed by atoms with E-state index < -0.39 is 30.4 Å². The normalized spacial score (nSPS) is 10.5. The molecule has 0 spiro atoms. The van der Waals surface area contributed by atoms with Crippen molar-refractivity contribution in [2.75, 3.05) is 0 Å². The Morgan fingerprint density at radius 2 is 0.579 bits per heavy atom. The van der Waals surface area contributed by atoms with E-state index in [1.807, 2.05) is 18.2 Å². The molecule has 0 N–H and O–H groups in total. The molecule has 0 fully saturated rings. The Labute approximate surface area is 234 Å². The van der Waals surface area contributed by atoms with Gasteiger partial charge >= 0.3 is 17.4 Å². The smallest absolute Gasteiger partial charge is 0.744 e. The van der Waals surface area contributed by atoms with Crippen LogP contribution in [0, 0.1) is 6.92 Å². The number of aryl methyl sites for hydroxylation is 1. The molecule has 0 unspecified atom stereocenters. The summed E-state index contributed by atoms with van der Waals surface area (Å²) in [6, 6.07) is 31.8. The SMILES string of the molecule is Cc1ccccc1.O=S(=O)([O-])c1ccccc1.O=S(=O)([O-])c1ccccc1.O=S(=O)([O-])c1ccccc1.[Al+3]. The maximum absolute atomic E-state index is 10.3. The standard InChI is InChI=1S/C7H8.3C6H6O3S.Al/c1-7-5-3-2-4-6-7;3*7-10(8,9)6-4-2-1-3-5-6;/h2-6H,1H3;3*1-5H,(H,7,8,9);/q;;;;+3/p-3. The Balaban J connectivity index is 0.000000480. The Kier molecular flexibility index (Phi) is 15.6. The predicted molar refractivity (Wildman–Crippen MR) is 140 cm³/mol. The zero-order valence-corrected chi connectivity index (χ0v) is 23.6. The third-order valence-corrected chi connectivity index (χ3v) is 6.58. The minimum atomic E-state index is -4.25. The number of benzene rings is 4. The summed E-state index contributed by atoms with van der Waals surface area (Å²) in [4.78, 5) is -0.556. The van der Waals surface area contributed by atoms with E-state index in [1.165, 1.54) is 78.4 Å². The van der Waals surface area contributed by atoms with Gasteiger partial charge in [-0.15, -0.1) is 0 Å². The van der Waals surface area contributed by atoms with Gasteiger partial charge in [-0.1, -0.05) is 90.5 Å². The molecule has 38 heavy (non-hydrogen) atoms. The second kappa shape index (κ2) is 16.9. The molecule has 13 heteroatoms. The van der Waals surface area contributed by atoms with Crippen LogP contribution in [-0.2, 0) is 30.4 Å². The first-order valence-electron chi connectivity index (χ1n) is 10.3. The number of rotatable bonds is 3. The van der Waals surface area contributed by atoms with E-state index in [2.05, 4.69) is 19.1 Å². The van der Waals surface area contributed by atoms with E-state index in [9.17, 15) is 38.9 Å². The van der Waals surface area contributed by atoms with Crippen molar-refractivity contribution in [3.8, 4) is 0 Å². The van der Waals surface area contributed by atoms with Gasteiger partial charge in [0, 0.05) is 0 Å². The first-order valence-corrected chi connectivity index (χ1v) is 14.5. The van der Waals surface area contributed by atoms with Crippen LogP contribution in [0.3, 0.4) is 0 Å². The summed E-state index contributed by atoms with van der Waals surface area (Å²) >= 11 is 0. The van der Waals surface area contributed by atoms with Gasteiger partial charge in [0.25, 0.3) is 0 Å². The van der Waals surface area contributed by atoms with Crippen molar-refractivity contribution >= 4 is 47.7 Å². The van der Waals surface area contributed by atoms with Crippen molar-refractivity contribution in [2.24, 2.45) is 0 Å². The van der Waals surface area contributed by atoms with Crippen LogP contribution in [0.1, 0.15) is 5.56 Å². The monoisotopic (exact) mass is 590 g/mol. The van der Waals surface area contributed by atoms with Gasteiger partial charge in [0.05, 0.1) is 14.7 Å². The summed E-state index contributed by atoms with van der Waals surface area (Å²) in [7, 11) is -12.8. The van der Waals surface area contributed by atoms with Crippen LogP contribution >= 0.6 is 0 Å². The summed E-state index contributed by atoms with van der Waals surface area (Å²) < 4.78 is 92.5. The molecule has 0 radical (unpaired) electrons. The second-order valence-corrected chi connectivity index (χ2v) is 11.1. The van der Waals surface area contributed by atoms with Crippen molar-refractivity contribution in [1.29, 1.82) is 0 Å². The molecule has 0 saturated carbocycles. The van der Waals surface area contributed by atoms with Gasteiger partial charge in [0.2, 0.25) is 0 Å². The van der Waals surface area contributed by atoms with Crippen molar-refractivity contribution in [3.05, 3.63) is 127 Å². The fourth-order valence-corrected chi connectivity index (χ4v) is 3.77. The quantitative estimate of drug-likeness (QED) is 0.256. The van der Waals surface area contributed by atoms with Gasteiger partial charge in [-0.3, -0.25) is 0 Å². The molecule has 0 bridgehead atoms. The molecule has 0 saturated heterocycles. The molecule has 9 nitrogen and oxygen atoms in total. The summed E-state index contributed by atoms with van der Waals surface area (Å²) in [5.41, 5.74) is 1.32. The molecule has 0 aliphatic rings. The van der Waals surface area contributed by atoms with Gasteiger partial charge < -0.3 is 13.7 Å². The van der Waals surface area contributed by atoms with Crippen molar-refractivity contribution in [2.45, 2.75) is 21.6 Å². The third-order valence-electron chi connectivity index (χ3n) is 4.04. The molecule has 198 valence electrons. The Bertz CT molecular complexity index is 1350. The van der Waals surface area contributed by atoms with Gasteiger partial charge in [0.1, 0.15) is 30.4 Å². The minimum absolute atomic E-state index is 0. The molecular formula is C25H23AlO9S3. The van der Waals surface area contributed by atoms with E-state index in [1.54, 1.807) is 18.2 Å². The summed E-state index contributed by atoms with van der Waals surface area (Å²) in [6.45, 7) is 2.08. The van der Waals surface area contributed by atoms with Gasteiger partial charge in [-0.25, -0.2) is 25.3 Å². The zero-order valence-electron chi connectivity index (χ0n) is 20.0. The van der Waals surface area contributed by atoms with Crippen molar-refractivity contribution in [3.63, 3.8) is 0 Å². The molecule has 4 rings (SSSR count). The van der Waals surface area contributed by atoms with Crippen molar-refractivity contribution < 1.29 is 38.9 Å². The van der Waals surface area contributed by atoms with Crippen LogP contribution in [0.25, 0.3) is 0 Å². The molecule has 0 aliphatic heterocycles. The van der Waals surface area contributed by atoms with Crippen LogP contribution in [0.15, 0.2) is 136 Å². The largest absolute Gasteiger partial charge is 3.00 e. The summed E-state index contributed by atoms with van der Waals surface area (Å²) in [6.07, 6.45) is 0. The van der Waals surface area contributed by atoms with Gasteiger partial charge in [-0.05, 0) is 43.3 Å². The number of hydrogen-bond donors (Lipinski definition) is 0. The van der Waals surface area contributed by atoms with Crippen LogP contribution in [-0.4, -0.2) is 56.3 Å². The predicted octanol–water partition coefficient (Wildman–Crippen LogP) is 3.39. The first-order chi connectivity index (χ1) is 17.2. The van der Waals surface area contributed by atoms with Crippen LogP contribution in [0.5, 0.6) is 0 Å². The Morgan fingerprint density at radius 1 is 0.395 bits per heavy atom. The number of hydrogen-bond acceptors (Lipinski definition) is 9. The zero-order chi connectivity index (χ0) is 28.0. The Hall–Kier alpha value is -2.86. The molecule has 0 heterocycles. The maximum Gasteiger partial charge on any atom is 3.00 e. The van der Waals surface area contributed by atoms with Crippen LogP contribution < -0.4 is 0 Å². The third kappa shape index (κ3) is 15.4. The molecule has 0 amide bonds. The van der Waals surface area contributed by atoms with Crippen LogP contribution in [0.2, 0.25) is 0 Å². The first kappa shape index (κ1) is 35.1. The molecule has 4 aromatic rings. The van der Waals surface area contributed by atoms with E-state index in [4.69, 9.17) is 0 Å². The van der Waals surface area contributed by atoms with Crippen LogP contribution in [0.4, 0.5) is 0 Å². The van der Waals surface area contributed by atoms with Gasteiger partial charge in [-0.2, -0.15) is 0 Å². The van der Waals surface area contributed by atoms with Crippen molar-refractivity contribution in [1.82, 2.24) is 0 Å². The topological polar surface area (TPSA) is 172 Å². The van der Waals surface area contributed by atoms with Gasteiger partial charge in [0.15, 0.2) is 0 Å². The average molecular weight is 591 g/mol.